The molecule has 2 N–H and O–H groups in total. The molecule has 0 atom stereocenters. The molecular formula is C15H20N2O2. The van der Waals surface area contributed by atoms with Crippen molar-refractivity contribution in [2.45, 2.75) is 33.2 Å². The first-order valence-corrected chi connectivity index (χ1v) is 6.64. The number of ether oxygens (including phenoxy) is 1. The third kappa shape index (κ3) is 3.35. The summed E-state index contributed by atoms with van der Waals surface area (Å²) < 4.78 is 11.1. The van der Waals surface area contributed by atoms with Crippen molar-refractivity contribution in [3.63, 3.8) is 0 Å². The molecule has 1 aromatic carbocycles. The number of nitrogens with zero attached hydrogens (tertiary/aromatic N) is 1. The first-order valence-electron chi connectivity index (χ1n) is 6.64. The summed E-state index contributed by atoms with van der Waals surface area (Å²) in [6.07, 6.45) is 2.21. The molecule has 0 amide bonds. The second kappa shape index (κ2) is 6.38. The summed E-state index contributed by atoms with van der Waals surface area (Å²) in [7, 11) is 0. The summed E-state index contributed by atoms with van der Waals surface area (Å²) >= 11 is 0. The Labute approximate surface area is 113 Å². The van der Waals surface area contributed by atoms with Gasteiger partial charge in [0.1, 0.15) is 17.2 Å². The van der Waals surface area contributed by atoms with Gasteiger partial charge < -0.3 is 14.9 Å². The maximum Gasteiger partial charge on any atom is 0.208 e. The minimum absolute atomic E-state index is 0.319. The smallest absolute Gasteiger partial charge is 0.208 e. The van der Waals surface area contributed by atoms with Crippen molar-refractivity contribution in [3.05, 3.63) is 35.9 Å². The predicted molar refractivity (Wildman–Crippen MR) is 75.0 cm³/mol. The summed E-state index contributed by atoms with van der Waals surface area (Å²) in [6, 6.07) is 7.90. The zero-order valence-electron chi connectivity index (χ0n) is 11.5. The van der Waals surface area contributed by atoms with E-state index in [9.17, 15) is 0 Å². The van der Waals surface area contributed by atoms with E-state index in [0.29, 0.717) is 12.4 Å². The Balaban J connectivity index is 2.10. The minimum Gasteiger partial charge on any atom is -0.494 e. The maximum absolute atomic E-state index is 5.63. The predicted octanol–water partition coefficient (Wildman–Crippen LogP) is 3.29. The molecule has 0 spiro atoms. The number of aromatic nitrogens is 1. The summed E-state index contributed by atoms with van der Waals surface area (Å²) in [6.45, 7) is 5.12. The summed E-state index contributed by atoms with van der Waals surface area (Å²) in [4.78, 5) is 4.37. The van der Waals surface area contributed by atoms with Gasteiger partial charge in [-0.25, -0.2) is 4.98 Å². The summed E-state index contributed by atoms with van der Waals surface area (Å²) in [5.74, 6) is 2.24. The Kier molecular flexibility index (Phi) is 4.58. The van der Waals surface area contributed by atoms with Crippen LogP contribution in [0.15, 0.2) is 28.7 Å². The molecule has 102 valence electrons. The molecule has 0 bridgehead atoms. The normalized spacial score (nSPS) is 10.7. The van der Waals surface area contributed by atoms with Gasteiger partial charge in [-0.3, -0.25) is 0 Å². The van der Waals surface area contributed by atoms with Crippen molar-refractivity contribution in [2.75, 3.05) is 6.61 Å². The van der Waals surface area contributed by atoms with Crippen LogP contribution in [0, 0.1) is 6.92 Å². The number of hydrogen-bond donors (Lipinski definition) is 1. The monoisotopic (exact) mass is 260 g/mol. The van der Waals surface area contributed by atoms with E-state index in [-0.39, 0.29) is 0 Å². The van der Waals surface area contributed by atoms with E-state index in [1.54, 1.807) is 0 Å². The van der Waals surface area contributed by atoms with Crippen LogP contribution in [0.2, 0.25) is 0 Å². The van der Waals surface area contributed by atoms with Crippen LogP contribution < -0.4 is 10.5 Å². The molecule has 0 aliphatic rings. The van der Waals surface area contributed by atoms with Crippen molar-refractivity contribution < 1.29 is 9.15 Å². The van der Waals surface area contributed by atoms with Gasteiger partial charge in [0, 0.05) is 5.56 Å². The molecule has 0 unspecified atom stereocenters. The van der Waals surface area contributed by atoms with Gasteiger partial charge in [-0.2, -0.15) is 0 Å². The van der Waals surface area contributed by atoms with Crippen molar-refractivity contribution in [3.8, 4) is 17.0 Å². The molecule has 0 aliphatic carbocycles. The average molecular weight is 260 g/mol. The lowest BCUT2D eigenvalue weighted by Crippen LogP contribution is -1.96. The average Bonchev–Trinajstić information content (AvgIpc) is 2.81. The van der Waals surface area contributed by atoms with Crippen molar-refractivity contribution >= 4 is 0 Å². The van der Waals surface area contributed by atoms with Crippen molar-refractivity contribution in [1.82, 2.24) is 4.98 Å². The van der Waals surface area contributed by atoms with Gasteiger partial charge in [-0.05, 0) is 37.6 Å². The Morgan fingerprint density at radius 2 is 2.00 bits per heavy atom. The maximum atomic E-state index is 5.63. The molecule has 1 heterocycles. The first-order chi connectivity index (χ1) is 9.24. The zero-order chi connectivity index (χ0) is 13.7. The highest BCUT2D eigenvalue weighted by Crippen LogP contribution is 2.25. The number of oxazole rings is 1. The van der Waals surface area contributed by atoms with Crippen LogP contribution in [0.4, 0.5) is 0 Å². The number of rotatable bonds is 6. The second-order valence-electron chi connectivity index (χ2n) is 4.44. The van der Waals surface area contributed by atoms with Gasteiger partial charge in [-0.1, -0.05) is 13.3 Å². The number of unbranched alkanes of at least 4 members (excludes halogenated alkanes) is 1. The molecule has 0 saturated heterocycles. The van der Waals surface area contributed by atoms with Gasteiger partial charge in [0.2, 0.25) is 5.89 Å². The third-order valence-electron chi connectivity index (χ3n) is 2.91. The van der Waals surface area contributed by atoms with E-state index in [1.807, 2.05) is 31.2 Å². The Bertz CT molecular complexity index is 517. The van der Waals surface area contributed by atoms with Crippen LogP contribution in [0.1, 0.15) is 31.4 Å². The highest BCUT2D eigenvalue weighted by molar-refractivity contribution is 5.61. The number of aryl methyl sites for hydroxylation is 1. The molecule has 2 rings (SSSR count). The lowest BCUT2D eigenvalue weighted by Gasteiger charge is -2.05. The van der Waals surface area contributed by atoms with Gasteiger partial charge in [0.25, 0.3) is 0 Å². The minimum atomic E-state index is 0.319. The Morgan fingerprint density at radius 3 is 2.58 bits per heavy atom. The van der Waals surface area contributed by atoms with E-state index in [0.717, 1.165) is 42.2 Å². The standard InChI is InChI=1S/C15H20N2O2/c1-3-4-9-18-13-7-5-12(6-8-13)15-11(2)19-14(10-16)17-15/h5-8H,3-4,9-10,16H2,1-2H3. The van der Waals surface area contributed by atoms with Crippen LogP contribution in [0.5, 0.6) is 5.75 Å². The summed E-state index contributed by atoms with van der Waals surface area (Å²) in [5.41, 5.74) is 7.39. The van der Waals surface area contributed by atoms with Crippen LogP contribution >= 0.6 is 0 Å². The van der Waals surface area contributed by atoms with E-state index >= 15 is 0 Å². The number of hydrogen-bond acceptors (Lipinski definition) is 4. The number of benzene rings is 1. The second-order valence-corrected chi connectivity index (χ2v) is 4.44. The molecule has 4 heteroatoms. The molecule has 1 aromatic heterocycles. The van der Waals surface area contributed by atoms with Gasteiger partial charge in [-0.15, -0.1) is 0 Å². The van der Waals surface area contributed by atoms with Crippen LogP contribution in [-0.4, -0.2) is 11.6 Å². The van der Waals surface area contributed by atoms with E-state index < -0.39 is 0 Å². The topological polar surface area (TPSA) is 61.3 Å². The third-order valence-corrected chi connectivity index (χ3v) is 2.91. The van der Waals surface area contributed by atoms with Crippen molar-refractivity contribution in [2.24, 2.45) is 5.73 Å². The van der Waals surface area contributed by atoms with Gasteiger partial charge in [0.05, 0.1) is 13.2 Å². The highest BCUT2D eigenvalue weighted by atomic mass is 16.5. The zero-order valence-corrected chi connectivity index (χ0v) is 11.5. The molecule has 2 aromatic rings. The molecule has 0 fully saturated rings. The highest BCUT2D eigenvalue weighted by Gasteiger charge is 2.10. The molecule has 0 radical (unpaired) electrons. The van der Waals surface area contributed by atoms with Crippen molar-refractivity contribution in [1.29, 1.82) is 0 Å². The quantitative estimate of drug-likeness (QED) is 0.810. The van der Waals surface area contributed by atoms with E-state index in [4.69, 9.17) is 14.9 Å². The molecule has 19 heavy (non-hydrogen) atoms. The molecular weight excluding hydrogens is 240 g/mol. The Morgan fingerprint density at radius 1 is 1.26 bits per heavy atom. The van der Waals surface area contributed by atoms with E-state index in [1.165, 1.54) is 0 Å². The fraction of sp³-hybridized carbons (Fsp3) is 0.400. The lowest BCUT2D eigenvalue weighted by molar-refractivity contribution is 0.309. The van der Waals surface area contributed by atoms with Crippen LogP contribution in [-0.2, 0) is 6.54 Å². The van der Waals surface area contributed by atoms with Gasteiger partial charge >= 0.3 is 0 Å². The fourth-order valence-electron chi connectivity index (χ4n) is 1.85. The Hall–Kier alpha value is -1.81. The number of nitrogens with two attached hydrogens (primary N) is 1. The SMILES string of the molecule is CCCCOc1ccc(-c2nc(CN)oc2C)cc1. The molecule has 4 nitrogen and oxygen atoms in total. The molecule has 0 saturated carbocycles. The largest absolute Gasteiger partial charge is 0.494 e. The summed E-state index contributed by atoms with van der Waals surface area (Å²) in [5, 5.41) is 0. The first kappa shape index (κ1) is 13.6. The van der Waals surface area contributed by atoms with Crippen LogP contribution in [0.3, 0.4) is 0 Å². The fourth-order valence-corrected chi connectivity index (χ4v) is 1.85. The van der Waals surface area contributed by atoms with Gasteiger partial charge in [0.15, 0.2) is 0 Å². The van der Waals surface area contributed by atoms with E-state index in [2.05, 4.69) is 11.9 Å². The molecule has 0 aliphatic heterocycles. The lowest BCUT2D eigenvalue weighted by atomic mass is 10.1. The van der Waals surface area contributed by atoms with Crippen LogP contribution in [0.25, 0.3) is 11.3 Å².